The number of carboxylic acid groups (broad SMARTS) is 1. The number of methoxy groups -OCH3 is 1. The maximum Gasteiger partial charge on any atom is 0.337 e. The first-order valence-corrected chi connectivity index (χ1v) is 7.69. The molecule has 2 amide bonds. The van der Waals surface area contributed by atoms with Gasteiger partial charge < -0.3 is 15.2 Å². The number of carbonyl (C=O) groups is 3. The smallest absolute Gasteiger partial charge is 0.337 e. The van der Waals surface area contributed by atoms with Crippen molar-refractivity contribution < 1.29 is 28.6 Å². The molecule has 1 atom stereocenters. The van der Waals surface area contributed by atoms with Crippen LogP contribution in [0.15, 0.2) is 35.5 Å². The van der Waals surface area contributed by atoms with Gasteiger partial charge in [-0.05, 0) is 31.0 Å². The number of allylic oxidation sites excluding steroid dienone is 1. The van der Waals surface area contributed by atoms with E-state index in [9.17, 15) is 18.8 Å². The maximum atomic E-state index is 13.5. The maximum absolute atomic E-state index is 13.5. The first-order chi connectivity index (χ1) is 11.8. The van der Waals surface area contributed by atoms with Gasteiger partial charge in [-0.25, -0.2) is 14.0 Å². The molecule has 0 unspecified atom stereocenters. The van der Waals surface area contributed by atoms with Crippen LogP contribution in [-0.2, 0) is 14.3 Å². The molecule has 2 N–H and O–H groups in total. The van der Waals surface area contributed by atoms with Crippen molar-refractivity contribution in [2.75, 3.05) is 13.7 Å². The van der Waals surface area contributed by atoms with E-state index in [1.807, 2.05) is 0 Å². The van der Waals surface area contributed by atoms with Gasteiger partial charge in [-0.3, -0.25) is 9.69 Å². The predicted octanol–water partition coefficient (Wildman–Crippen LogP) is 2.20. The zero-order valence-corrected chi connectivity index (χ0v) is 13.9. The third-order valence-electron chi connectivity index (χ3n) is 3.96. The first-order valence-electron chi connectivity index (χ1n) is 7.69. The molecule has 8 heteroatoms. The first kappa shape index (κ1) is 18.4. The summed E-state index contributed by atoms with van der Waals surface area (Å²) in [5.41, 5.74) is 0.955. The molecule has 2 rings (SSSR count). The highest BCUT2D eigenvalue weighted by Gasteiger charge is 2.36. The van der Waals surface area contributed by atoms with Crippen molar-refractivity contribution >= 4 is 18.0 Å². The molecule has 1 aromatic rings. The van der Waals surface area contributed by atoms with Crippen molar-refractivity contribution in [3.8, 4) is 0 Å². The second-order valence-electron chi connectivity index (χ2n) is 5.58. The van der Waals surface area contributed by atoms with Crippen LogP contribution in [0.3, 0.4) is 0 Å². The van der Waals surface area contributed by atoms with Crippen LogP contribution in [0, 0.1) is 5.82 Å². The van der Waals surface area contributed by atoms with Crippen LogP contribution < -0.4 is 5.32 Å². The van der Waals surface area contributed by atoms with Crippen molar-refractivity contribution in [1.29, 1.82) is 0 Å². The number of hydrogen-bond acceptors (Lipinski definition) is 4. The van der Waals surface area contributed by atoms with Crippen molar-refractivity contribution in [1.82, 2.24) is 10.2 Å². The molecule has 0 aliphatic carbocycles. The summed E-state index contributed by atoms with van der Waals surface area (Å²) in [6.07, 6.45) is 0.136. The lowest BCUT2D eigenvalue weighted by molar-refractivity contribution is -0.138. The molecule has 0 bridgehead atoms. The van der Waals surface area contributed by atoms with E-state index in [4.69, 9.17) is 9.84 Å². The Balaban J connectivity index is 2.39. The zero-order chi connectivity index (χ0) is 18.6. The molecule has 1 aromatic carbocycles. The summed E-state index contributed by atoms with van der Waals surface area (Å²) >= 11 is 0. The number of aliphatic carboxylic acids is 1. The van der Waals surface area contributed by atoms with Gasteiger partial charge in [0.25, 0.3) is 0 Å². The highest BCUT2D eigenvalue weighted by Crippen LogP contribution is 2.31. The lowest BCUT2D eigenvalue weighted by Gasteiger charge is -2.35. The van der Waals surface area contributed by atoms with Crippen LogP contribution in [0.25, 0.3) is 0 Å². The Morgan fingerprint density at radius 3 is 2.72 bits per heavy atom. The molecule has 134 valence electrons. The quantitative estimate of drug-likeness (QED) is 0.767. The highest BCUT2D eigenvalue weighted by molar-refractivity contribution is 5.95. The van der Waals surface area contributed by atoms with Crippen LogP contribution in [0.5, 0.6) is 0 Å². The summed E-state index contributed by atoms with van der Waals surface area (Å²) in [4.78, 5) is 36.6. The van der Waals surface area contributed by atoms with Crippen molar-refractivity contribution in [3.63, 3.8) is 0 Å². The third kappa shape index (κ3) is 4.14. The zero-order valence-electron chi connectivity index (χ0n) is 13.9. The Labute approximate surface area is 144 Å². The average Bonchev–Trinajstić information content (AvgIpc) is 2.56. The number of ether oxygens (including phenoxy) is 1. The van der Waals surface area contributed by atoms with Crippen LogP contribution in [0.4, 0.5) is 9.18 Å². The summed E-state index contributed by atoms with van der Waals surface area (Å²) in [6.45, 7) is 1.72. The topological polar surface area (TPSA) is 95.9 Å². The highest BCUT2D eigenvalue weighted by atomic mass is 19.1. The number of amides is 2. The number of halogens is 1. The Morgan fingerprint density at radius 1 is 1.40 bits per heavy atom. The second kappa shape index (κ2) is 7.78. The fourth-order valence-corrected chi connectivity index (χ4v) is 2.75. The van der Waals surface area contributed by atoms with Gasteiger partial charge in [0, 0.05) is 18.7 Å². The summed E-state index contributed by atoms with van der Waals surface area (Å²) < 4.78 is 18.3. The molecule has 1 heterocycles. The molecule has 0 saturated heterocycles. The molecule has 1 aliphatic heterocycles. The predicted molar refractivity (Wildman–Crippen MR) is 86.0 cm³/mol. The number of esters is 1. The SMILES string of the molecule is COC(=O)C1=C(C)N(CCCC(=O)O)C(=O)N[C@@H]1c1cccc(F)c1. The van der Waals surface area contributed by atoms with E-state index < -0.39 is 29.8 Å². The fraction of sp³-hybridized carbons (Fsp3) is 0.353. The normalized spacial score (nSPS) is 17.3. The Bertz CT molecular complexity index is 732. The third-order valence-corrected chi connectivity index (χ3v) is 3.96. The number of rotatable bonds is 6. The molecule has 0 aromatic heterocycles. The number of carbonyl (C=O) groups excluding carboxylic acids is 2. The Morgan fingerprint density at radius 2 is 2.12 bits per heavy atom. The minimum absolute atomic E-state index is 0.0993. The van der Waals surface area contributed by atoms with E-state index in [1.54, 1.807) is 13.0 Å². The summed E-state index contributed by atoms with van der Waals surface area (Å²) in [6, 6.07) is 4.27. The average molecular weight is 350 g/mol. The van der Waals surface area contributed by atoms with Gasteiger partial charge in [0.05, 0.1) is 18.7 Å². The molecule has 0 fully saturated rings. The van der Waals surface area contributed by atoms with Gasteiger partial charge in [-0.1, -0.05) is 12.1 Å². The van der Waals surface area contributed by atoms with E-state index in [0.29, 0.717) is 11.3 Å². The number of benzene rings is 1. The number of nitrogens with one attached hydrogen (secondary N) is 1. The minimum Gasteiger partial charge on any atom is -0.481 e. The number of urea groups is 1. The molecule has 1 aliphatic rings. The van der Waals surface area contributed by atoms with E-state index in [2.05, 4.69) is 5.32 Å². The van der Waals surface area contributed by atoms with Gasteiger partial charge in [0.15, 0.2) is 0 Å². The largest absolute Gasteiger partial charge is 0.481 e. The molecule has 0 saturated carbocycles. The van der Waals surface area contributed by atoms with Crippen molar-refractivity contribution in [2.24, 2.45) is 0 Å². The van der Waals surface area contributed by atoms with Gasteiger partial charge in [-0.15, -0.1) is 0 Å². The van der Waals surface area contributed by atoms with Crippen LogP contribution in [0.1, 0.15) is 31.4 Å². The van der Waals surface area contributed by atoms with Crippen molar-refractivity contribution in [2.45, 2.75) is 25.8 Å². The van der Waals surface area contributed by atoms with Gasteiger partial charge in [0.1, 0.15) is 5.82 Å². The Hall–Kier alpha value is -2.90. The summed E-state index contributed by atoms with van der Waals surface area (Å²) in [5.74, 6) is -2.10. The molecule has 0 spiro atoms. The number of hydrogen-bond donors (Lipinski definition) is 2. The second-order valence-corrected chi connectivity index (χ2v) is 5.58. The number of nitrogens with zero attached hydrogens (tertiary/aromatic N) is 1. The standard InChI is InChI=1S/C17H19FN2O5/c1-10-14(16(23)25-2)15(11-5-3-6-12(18)9-11)19-17(24)20(10)8-4-7-13(21)22/h3,5-6,9,15H,4,7-8H2,1-2H3,(H,19,24)(H,21,22)/t15-/m1/s1. The van der Waals surface area contributed by atoms with Gasteiger partial charge in [0.2, 0.25) is 0 Å². The molecular formula is C17H19FN2O5. The van der Waals surface area contributed by atoms with Crippen LogP contribution in [0.2, 0.25) is 0 Å². The van der Waals surface area contributed by atoms with E-state index in [1.165, 1.54) is 30.2 Å². The lowest BCUT2D eigenvalue weighted by Crippen LogP contribution is -2.48. The number of carboxylic acids is 1. The molecular weight excluding hydrogens is 331 g/mol. The lowest BCUT2D eigenvalue weighted by atomic mass is 9.94. The summed E-state index contributed by atoms with van der Waals surface area (Å²) in [5, 5.41) is 11.4. The minimum atomic E-state index is -0.968. The van der Waals surface area contributed by atoms with E-state index in [0.717, 1.165) is 0 Å². The van der Waals surface area contributed by atoms with Crippen LogP contribution in [-0.4, -0.2) is 41.6 Å². The van der Waals surface area contributed by atoms with Gasteiger partial charge >= 0.3 is 18.0 Å². The van der Waals surface area contributed by atoms with E-state index >= 15 is 0 Å². The Kier molecular flexibility index (Phi) is 5.74. The molecule has 7 nitrogen and oxygen atoms in total. The fourth-order valence-electron chi connectivity index (χ4n) is 2.75. The molecule has 25 heavy (non-hydrogen) atoms. The van der Waals surface area contributed by atoms with Crippen molar-refractivity contribution in [3.05, 3.63) is 46.9 Å². The van der Waals surface area contributed by atoms with Gasteiger partial charge in [-0.2, -0.15) is 0 Å². The monoisotopic (exact) mass is 350 g/mol. The van der Waals surface area contributed by atoms with Crippen LogP contribution >= 0.6 is 0 Å². The summed E-state index contributed by atoms with van der Waals surface area (Å²) in [7, 11) is 1.22. The van der Waals surface area contributed by atoms with E-state index in [-0.39, 0.29) is 25.0 Å². The molecule has 0 radical (unpaired) electrons.